The van der Waals surface area contributed by atoms with E-state index in [2.05, 4.69) is 58.7 Å². The van der Waals surface area contributed by atoms with Gasteiger partial charge in [0.05, 0.1) is 10.2 Å². The van der Waals surface area contributed by atoms with Crippen LogP contribution in [-0.4, -0.2) is 22.9 Å². The zero-order valence-electron chi connectivity index (χ0n) is 17.0. The summed E-state index contributed by atoms with van der Waals surface area (Å²) in [6.07, 6.45) is 1.55. The van der Waals surface area contributed by atoms with E-state index in [1.54, 1.807) is 36.7 Å². The van der Waals surface area contributed by atoms with Crippen molar-refractivity contribution in [1.29, 1.82) is 0 Å². The van der Waals surface area contributed by atoms with Crippen molar-refractivity contribution in [1.82, 2.24) is 15.3 Å². The minimum Gasteiger partial charge on any atom is -0.457 e. The lowest BCUT2D eigenvalue weighted by Crippen LogP contribution is -2.18. The summed E-state index contributed by atoms with van der Waals surface area (Å²) < 4.78 is 6.97. The predicted molar refractivity (Wildman–Crippen MR) is 121 cm³/mol. The van der Waals surface area contributed by atoms with Crippen molar-refractivity contribution < 1.29 is 9.53 Å². The third kappa shape index (κ3) is 4.41. The van der Waals surface area contributed by atoms with Gasteiger partial charge in [0.25, 0.3) is 5.91 Å². The number of anilines is 2. The Morgan fingerprint density at radius 3 is 2.53 bits per heavy atom. The molecule has 1 amide bonds. The van der Waals surface area contributed by atoms with Gasteiger partial charge in [-0.25, -0.2) is 4.98 Å². The van der Waals surface area contributed by atoms with E-state index in [1.165, 1.54) is 5.56 Å². The predicted octanol–water partition coefficient (Wildman–Crippen LogP) is 5.71. The summed E-state index contributed by atoms with van der Waals surface area (Å²) in [7, 11) is 1.57. The van der Waals surface area contributed by atoms with Crippen LogP contribution in [0.25, 0.3) is 10.2 Å². The number of nitrogens with one attached hydrogen (secondary N) is 2. The lowest BCUT2D eigenvalue weighted by Gasteiger charge is -2.07. The fraction of sp³-hybridized carbons (Fsp3) is 0.174. The van der Waals surface area contributed by atoms with Gasteiger partial charge in [-0.1, -0.05) is 37.3 Å². The van der Waals surface area contributed by atoms with Crippen molar-refractivity contribution >= 4 is 38.3 Å². The number of carbonyl (C=O) groups excluding carboxylic acids is 1. The molecule has 7 heteroatoms. The standard InChI is InChI=1S/C23H22N4O2S/c1-14(2)15-4-6-16(7-5-15)26-23-27-19-12-17(8-9-21(19)30-23)29-18-10-11-25-20(13-18)22(28)24-3/h4-14H,1-3H3,(H,24,28)(H,26,27). The molecule has 0 aliphatic heterocycles. The molecule has 2 aromatic heterocycles. The summed E-state index contributed by atoms with van der Waals surface area (Å²) in [4.78, 5) is 20.5. The summed E-state index contributed by atoms with van der Waals surface area (Å²) in [5.74, 6) is 1.44. The molecular formula is C23H22N4O2S. The molecule has 2 heterocycles. The molecule has 30 heavy (non-hydrogen) atoms. The lowest BCUT2D eigenvalue weighted by atomic mass is 10.0. The molecular weight excluding hydrogens is 396 g/mol. The fourth-order valence-electron chi connectivity index (χ4n) is 2.96. The van der Waals surface area contributed by atoms with E-state index < -0.39 is 0 Å². The van der Waals surface area contributed by atoms with Crippen LogP contribution in [0.1, 0.15) is 35.8 Å². The number of nitrogens with zero attached hydrogens (tertiary/aromatic N) is 2. The molecule has 0 unspecified atom stereocenters. The first-order chi connectivity index (χ1) is 14.5. The Labute approximate surface area is 179 Å². The quantitative estimate of drug-likeness (QED) is 0.419. The first-order valence-electron chi connectivity index (χ1n) is 9.65. The van der Waals surface area contributed by atoms with Crippen LogP contribution in [0.2, 0.25) is 0 Å². The molecule has 2 aromatic carbocycles. The number of carbonyl (C=O) groups is 1. The first kappa shape index (κ1) is 19.8. The molecule has 152 valence electrons. The number of amides is 1. The smallest absolute Gasteiger partial charge is 0.269 e. The van der Waals surface area contributed by atoms with Crippen molar-refractivity contribution in [2.24, 2.45) is 0 Å². The molecule has 0 bridgehead atoms. The van der Waals surface area contributed by atoms with Gasteiger partial charge in [0.1, 0.15) is 17.2 Å². The van der Waals surface area contributed by atoms with Crippen LogP contribution in [0.5, 0.6) is 11.5 Å². The Balaban J connectivity index is 1.52. The van der Waals surface area contributed by atoms with Gasteiger partial charge in [0.15, 0.2) is 5.13 Å². The van der Waals surface area contributed by atoms with Gasteiger partial charge in [0, 0.05) is 31.1 Å². The van der Waals surface area contributed by atoms with Gasteiger partial charge in [0.2, 0.25) is 0 Å². The van der Waals surface area contributed by atoms with E-state index in [-0.39, 0.29) is 5.91 Å². The van der Waals surface area contributed by atoms with Gasteiger partial charge >= 0.3 is 0 Å². The van der Waals surface area contributed by atoms with Crippen molar-refractivity contribution in [2.75, 3.05) is 12.4 Å². The number of rotatable bonds is 6. The summed E-state index contributed by atoms with van der Waals surface area (Å²) in [6, 6.07) is 17.5. The Morgan fingerprint density at radius 2 is 1.80 bits per heavy atom. The topological polar surface area (TPSA) is 76.1 Å². The second kappa shape index (κ2) is 8.51. The second-order valence-corrected chi connectivity index (χ2v) is 8.14. The first-order valence-corrected chi connectivity index (χ1v) is 10.5. The highest BCUT2D eigenvalue weighted by Crippen LogP contribution is 2.32. The molecule has 2 N–H and O–H groups in total. The molecule has 0 aliphatic rings. The molecule has 4 aromatic rings. The highest BCUT2D eigenvalue weighted by molar-refractivity contribution is 7.22. The van der Waals surface area contributed by atoms with E-state index in [9.17, 15) is 4.79 Å². The van der Waals surface area contributed by atoms with Crippen LogP contribution in [0.15, 0.2) is 60.8 Å². The molecule has 6 nitrogen and oxygen atoms in total. The third-order valence-corrected chi connectivity index (χ3v) is 5.57. The number of ether oxygens (including phenoxy) is 1. The number of hydrogen-bond donors (Lipinski definition) is 2. The third-order valence-electron chi connectivity index (χ3n) is 4.61. The molecule has 0 saturated heterocycles. The van der Waals surface area contributed by atoms with E-state index in [4.69, 9.17) is 4.74 Å². The second-order valence-electron chi connectivity index (χ2n) is 7.11. The minimum atomic E-state index is -0.257. The zero-order chi connectivity index (χ0) is 21.1. The van der Waals surface area contributed by atoms with E-state index in [1.807, 2.05) is 18.2 Å². The average Bonchev–Trinajstić information content (AvgIpc) is 3.15. The van der Waals surface area contributed by atoms with Gasteiger partial charge in [-0.05, 0) is 41.8 Å². The van der Waals surface area contributed by atoms with Gasteiger partial charge in [-0.3, -0.25) is 9.78 Å². The Hall–Kier alpha value is -3.45. The number of benzene rings is 2. The molecule has 4 rings (SSSR count). The fourth-order valence-corrected chi connectivity index (χ4v) is 3.83. The lowest BCUT2D eigenvalue weighted by molar-refractivity contribution is 0.0958. The average molecular weight is 419 g/mol. The van der Waals surface area contributed by atoms with Crippen LogP contribution in [-0.2, 0) is 0 Å². The van der Waals surface area contributed by atoms with Crippen LogP contribution in [0.3, 0.4) is 0 Å². The van der Waals surface area contributed by atoms with Gasteiger partial charge in [-0.2, -0.15) is 0 Å². The molecule has 0 radical (unpaired) electrons. The molecule has 0 aliphatic carbocycles. The monoisotopic (exact) mass is 418 g/mol. The Bertz CT molecular complexity index is 1190. The van der Waals surface area contributed by atoms with Gasteiger partial charge in [-0.15, -0.1) is 0 Å². The molecule has 0 spiro atoms. The Kier molecular flexibility index (Phi) is 5.63. The van der Waals surface area contributed by atoms with E-state index >= 15 is 0 Å². The highest BCUT2D eigenvalue weighted by Gasteiger charge is 2.09. The normalized spacial score (nSPS) is 10.9. The summed E-state index contributed by atoms with van der Waals surface area (Å²) in [5, 5.41) is 6.75. The minimum absolute atomic E-state index is 0.257. The maximum atomic E-state index is 11.8. The molecule has 0 atom stereocenters. The number of thiazole rings is 1. The highest BCUT2D eigenvalue weighted by atomic mass is 32.1. The van der Waals surface area contributed by atoms with Crippen LogP contribution in [0, 0.1) is 0 Å². The number of aromatic nitrogens is 2. The number of hydrogen-bond acceptors (Lipinski definition) is 6. The SMILES string of the molecule is CNC(=O)c1cc(Oc2ccc3sc(Nc4ccc(C(C)C)cc4)nc3c2)ccn1. The van der Waals surface area contributed by atoms with Crippen LogP contribution < -0.4 is 15.4 Å². The zero-order valence-corrected chi connectivity index (χ0v) is 17.8. The van der Waals surface area contributed by atoms with Gasteiger partial charge < -0.3 is 15.4 Å². The molecule has 0 fully saturated rings. The largest absolute Gasteiger partial charge is 0.457 e. The summed E-state index contributed by atoms with van der Waals surface area (Å²) >= 11 is 1.59. The molecule has 0 saturated carbocycles. The maximum absolute atomic E-state index is 11.8. The van der Waals surface area contributed by atoms with Crippen molar-refractivity contribution in [2.45, 2.75) is 19.8 Å². The van der Waals surface area contributed by atoms with Crippen LogP contribution >= 0.6 is 11.3 Å². The number of fused-ring (bicyclic) bond motifs is 1. The van der Waals surface area contributed by atoms with E-state index in [0.29, 0.717) is 23.1 Å². The summed E-state index contributed by atoms with van der Waals surface area (Å²) in [6.45, 7) is 4.36. The van der Waals surface area contributed by atoms with Crippen LogP contribution in [0.4, 0.5) is 10.8 Å². The van der Waals surface area contributed by atoms with Crippen molar-refractivity contribution in [3.63, 3.8) is 0 Å². The summed E-state index contributed by atoms with van der Waals surface area (Å²) in [5.41, 5.74) is 3.47. The van der Waals surface area contributed by atoms with E-state index in [0.717, 1.165) is 21.0 Å². The Morgan fingerprint density at radius 1 is 1.03 bits per heavy atom. The van der Waals surface area contributed by atoms with Crippen molar-refractivity contribution in [3.05, 3.63) is 72.1 Å². The maximum Gasteiger partial charge on any atom is 0.269 e. The van der Waals surface area contributed by atoms with Crippen molar-refractivity contribution in [3.8, 4) is 11.5 Å². The number of pyridine rings is 1.